The number of nitro groups is 1. The number of rotatable bonds is 4. The number of pyridine rings is 1. The molecule has 1 heterocycles. The zero-order valence-electron chi connectivity index (χ0n) is 9.73. The first-order valence-electron chi connectivity index (χ1n) is 4.93. The van der Waals surface area contributed by atoms with Crippen molar-refractivity contribution in [2.24, 2.45) is 0 Å². The van der Waals surface area contributed by atoms with Gasteiger partial charge in [0.1, 0.15) is 5.56 Å². The number of hydrogen-bond donors (Lipinski definition) is 0. The molecule has 0 unspecified atom stereocenters. The number of carbonyl (C=O) groups excluding carboxylic acids is 1. The normalized spacial score (nSPS) is 11.1. The minimum absolute atomic E-state index is 0.0855. The molecule has 20 heavy (non-hydrogen) atoms. The Kier molecular flexibility index (Phi) is 5.08. The van der Waals surface area contributed by atoms with E-state index in [1.807, 2.05) is 0 Å². The van der Waals surface area contributed by atoms with Gasteiger partial charge < -0.3 is 19.6 Å². The Hall–Kier alpha value is -1.66. The van der Waals surface area contributed by atoms with E-state index in [1.165, 1.54) is 29.5 Å². The summed E-state index contributed by atoms with van der Waals surface area (Å²) in [5.41, 5.74) is -0.640. The molecule has 0 saturated carbocycles. The summed E-state index contributed by atoms with van der Waals surface area (Å²) in [5, 5.41) is 10.6. The van der Waals surface area contributed by atoms with Gasteiger partial charge in [-0.25, -0.2) is 4.79 Å². The number of halogens is 4. The third-order valence-corrected chi connectivity index (χ3v) is 2.81. The minimum atomic E-state index is -5.11. The van der Waals surface area contributed by atoms with Gasteiger partial charge in [-0.2, -0.15) is 0 Å². The van der Waals surface area contributed by atoms with Crippen molar-refractivity contribution in [1.29, 1.82) is 0 Å². The molecule has 0 fully saturated rings. The molecule has 0 aliphatic rings. The molecule has 0 N–H and O–H groups in total. The number of nitrogens with zero attached hydrogens (tertiary/aromatic N) is 2. The zero-order valence-corrected chi connectivity index (χ0v) is 11.9. The van der Waals surface area contributed by atoms with Gasteiger partial charge >= 0.3 is 18.1 Å². The summed E-state index contributed by atoms with van der Waals surface area (Å²) < 4.78 is 44.6. The quantitative estimate of drug-likeness (QED) is 0.331. The standard InChI is InChI=1S/C9H6F3IN2O5/c1-2-19-8(16)4-3-14-7(15(17)18)5(13)6(4)20-9(10,11)12/h3H,2H2,1H3. The highest BCUT2D eigenvalue weighted by molar-refractivity contribution is 14.1. The Morgan fingerprint density at radius 1 is 1.55 bits per heavy atom. The average Bonchev–Trinajstić information content (AvgIpc) is 2.29. The molecule has 1 aromatic heterocycles. The molecule has 0 aliphatic heterocycles. The maximum Gasteiger partial charge on any atom is 0.573 e. The topological polar surface area (TPSA) is 91.6 Å². The van der Waals surface area contributed by atoms with Gasteiger partial charge in [0.25, 0.3) is 0 Å². The first kappa shape index (κ1) is 16.4. The van der Waals surface area contributed by atoms with Crippen molar-refractivity contribution < 1.29 is 32.4 Å². The third kappa shape index (κ3) is 3.91. The van der Waals surface area contributed by atoms with E-state index < -0.39 is 38.0 Å². The lowest BCUT2D eigenvalue weighted by atomic mass is 10.2. The molecule has 0 aliphatic carbocycles. The van der Waals surface area contributed by atoms with Crippen molar-refractivity contribution in [2.45, 2.75) is 13.3 Å². The van der Waals surface area contributed by atoms with Crippen LogP contribution in [-0.4, -0.2) is 28.8 Å². The predicted octanol–water partition coefficient (Wildman–Crippen LogP) is 2.67. The van der Waals surface area contributed by atoms with E-state index in [0.29, 0.717) is 6.20 Å². The monoisotopic (exact) mass is 406 g/mol. The maximum atomic E-state index is 12.3. The molecular formula is C9H6F3IN2O5. The second-order valence-electron chi connectivity index (χ2n) is 3.16. The molecule has 0 amide bonds. The summed E-state index contributed by atoms with van der Waals surface area (Å²) >= 11 is 1.25. The molecule has 0 aromatic carbocycles. The summed E-state index contributed by atoms with van der Waals surface area (Å²) in [5.74, 6) is -2.97. The van der Waals surface area contributed by atoms with Crippen molar-refractivity contribution in [3.05, 3.63) is 25.4 Å². The molecule has 0 bridgehead atoms. The lowest BCUT2D eigenvalue weighted by molar-refractivity contribution is -0.390. The van der Waals surface area contributed by atoms with Crippen LogP contribution in [0.3, 0.4) is 0 Å². The fourth-order valence-corrected chi connectivity index (χ4v) is 1.89. The summed E-state index contributed by atoms with van der Waals surface area (Å²) in [6.07, 6.45) is -4.50. The number of esters is 1. The van der Waals surface area contributed by atoms with Crippen LogP contribution in [0.25, 0.3) is 0 Å². The first-order chi connectivity index (χ1) is 9.17. The Morgan fingerprint density at radius 3 is 2.60 bits per heavy atom. The maximum absolute atomic E-state index is 12.3. The minimum Gasteiger partial charge on any atom is -0.462 e. The van der Waals surface area contributed by atoms with Gasteiger partial charge in [-0.1, -0.05) is 0 Å². The molecule has 11 heteroatoms. The van der Waals surface area contributed by atoms with Gasteiger partial charge in [-0.3, -0.25) is 0 Å². The van der Waals surface area contributed by atoms with Crippen LogP contribution in [0.2, 0.25) is 0 Å². The molecule has 7 nitrogen and oxygen atoms in total. The molecule has 0 atom stereocenters. The molecule has 1 aromatic rings. The first-order valence-corrected chi connectivity index (χ1v) is 6.01. The Morgan fingerprint density at radius 2 is 2.15 bits per heavy atom. The van der Waals surface area contributed by atoms with E-state index in [1.54, 1.807) is 0 Å². The highest BCUT2D eigenvalue weighted by Gasteiger charge is 2.37. The van der Waals surface area contributed by atoms with Crippen molar-refractivity contribution >= 4 is 34.4 Å². The molecule has 1 rings (SSSR count). The Labute approximate surface area is 123 Å². The van der Waals surface area contributed by atoms with Gasteiger partial charge in [0.2, 0.25) is 0 Å². The van der Waals surface area contributed by atoms with E-state index in [9.17, 15) is 28.1 Å². The number of carbonyl (C=O) groups is 1. The lowest BCUT2D eigenvalue weighted by Crippen LogP contribution is -2.21. The van der Waals surface area contributed by atoms with E-state index in [4.69, 9.17) is 0 Å². The predicted molar refractivity (Wildman–Crippen MR) is 66.2 cm³/mol. The number of ether oxygens (including phenoxy) is 2. The van der Waals surface area contributed by atoms with Crippen LogP contribution >= 0.6 is 22.6 Å². The number of aromatic nitrogens is 1. The highest BCUT2D eigenvalue weighted by Crippen LogP contribution is 2.35. The van der Waals surface area contributed by atoms with E-state index in [0.717, 1.165) is 0 Å². The van der Waals surface area contributed by atoms with Crippen molar-refractivity contribution in [3.63, 3.8) is 0 Å². The zero-order chi connectivity index (χ0) is 15.5. The largest absolute Gasteiger partial charge is 0.573 e. The number of hydrogen-bond acceptors (Lipinski definition) is 6. The smallest absolute Gasteiger partial charge is 0.462 e. The molecule has 0 saturated heterocycles. The van der Waals surface area contributed by atoms with Crippen LogP contribution in [-0.2, 0) is 4.74 Å². The second-order valence-corrected chi connectivity index (χ2v) is 4.24. The second kappa shape index (κ2) is 6.19. The van der Waals surface area contributed by atoms with Crippen molar-refractivity contribution in [2.75, 3.05) is 6.61 Å². The molecular weight excluding hydrogens is 400 g/mol. The fourth-order valence-electron chi connectivity index (χ4n) is 1.16. The summed E-state index contributed by atoms with van der Waals surface area (Å²) in [6, 6.07) is 0. The summed E-state index contributed by atoms with van der Waals surface area (Å²) in [6.45, 7) is 1.36. The highest BCUT2D eigenvalue weighted by atomic mass is 127. The Bertz CT molecular complexity index is 549. The van der Waals surface area contributed by atoms with Crippen LogP contribution in [0.15, 0.2) is 6.20 Å². The van der Waals surface area contributed by atoms with Crippen LogP contribution < -0.4 is 4.74 Å². The molecule has 0 radical (unpaired) electrons. The molecule has 110 valence electrons. The lowest BCUT2D eigenvalue weighted by Gasteiger charge is -2.13. The summed E-state index contributed by atoms with van der Waals surface area (Å²) in [7, 11) is 0. The number of alkyl halides is 3. The van der Waals surface area contributed by atoms with Crippen molar-refractivity contribution in [1.82, 2.24) is 4.98 Å². The van der Waals surface area contributed by atoms with Gasteiger partial charge in [0, 0.05) is 0 Å². The fraction of sp³-hybridized carbons (Fsp3) is 0.333. The van der Waals surface area contributed by atoms with Gasteiger partial charge in [0.15, 0.2) is 15.5 Å². The van der Waals surface area contributed by atoms with Gasteiger partial charge in [-0.15, -0.1) is 13.2 Å². The SMILES string of the molecule is CCOC(=O)c1cnc([N+](=O)[O-])c(I)c1OC(F)(F)F. The third-order valence-electron chi connectivity index (χ3n) is 1.84. The van der Waals surface area contributed by atoms with E-state index in [2.05, 4.69) is 14.5 Å². The van der Waals surface area contributed by atoms with Crippen LogP contribution in [0.1, 0.15) is 17.3 Å². The van der Waals surface area contributed by atoms with Crippen molar-refractivity contribution in [3.8, 4) is 5.75 Å². The average molecular weight is 406 g/mol. The van der Waals surface area contributed by atoms with Crippen LogP contribution in [0.4, 0.5) is 19.0 Å². The van der Waals surface area contributed by atoms with Gasteiger partial charge in [-0.05, 0) is 39.4 Å². The van der Waals surface area contributed by atoms with Crippen LogP contribution in [0.5, 0.6) is 5.75 Å². The Balaban J connectivity index is 3.41. The molecule has 0 spiro atoms. The van der Waals surface area contributed by atoms with Gasteiger partial charge in [0.05, 0.1) is 6.61 Å². The summed E-state index contributed by atoms with van der Waals surface area (Å²) in [4.78, 5) is 24.5. The van der Waals surface area contributed by atoms with E-state index in [-0.39, 0.29) is 6.61 Å². The van der Waals surface area contributed by atoms with E-state index >= 15 is 0 Å². The van der Waals surface area contributed by atoms with Crippen LogP contribution in [0, 0.1) is 13.7 Å².